The molecule has 0 fully saturated rings. The number of pyridine rings is 2. The average Bonchev–Trinajstić information content (AvgIpc) is 2.39. The number of Topliss-reactive ketones (excluding diaryl/α,β-unsaturated/α-hetero) is 1. The molecule has 1 unspecified atom stereocenters. The van der Waals surface area contributed by atoms with Crippen molar-refractivity contribution in [3.63, 3.8) is 0 Å². The highest BCUT2D eigenvalue weighted by atomic mass is 16.1. The Bertz CT molecular complexity index is 775. The van der Waals surface area contributed by atoms with Crippen molar-refractivity contribution in [1.29, 1.82) is 0 Å². The number of aryl methyl sites for hydroxylation is 1. The lowest BCUT2D eigenvalue weighted by atomic mass is 9.96. The summed E-state index contributed by atoms with van der Waals surface area (Å²) in [5.74, 6) is -0.194. The molecule has 2 aromatic heterocycles. The SMILES string of the molecule is CC(=O)c1cn2c(cc1=O)-c1nc(C)ccc1CC2C. The smallest absolute Gasteiger partial charge is 0.193 e. The molecule has 1 aliphatic heterocycles. The zero-order valence-electron chi connectivity index (χ0n) is 11.8. The van der Waals surface area contributed by atoms with Crippen LogP contribution in [0.25, 0.3) is 11.4 Å². The number of ketones is 1. The summed E-state index contributed by atoms with van der Waals surface area (Å²) in [6.45, 7) is 5.44. The van der Waals surface area contributed by atoms with E-state index in [0.29, 0.717) is 0 Å². The first kappa shape index (κ1) is 12.8. The van der Waals surface area contributed by atoms with Gasteiger partial charge in [0.2, 0.25) is 0 Å². The standard InChI is InChI=1S/C16H16N2O2/c1-9-4-5-12-6-10(2)18-8-13(11(3)19)15(20)7-14(18)16(12)17-9/h4-5,7-8,10H,6H2,1-3H3. The topological polar surface area (TPSA) is 52.0 Å². The summed E-state index contributed by atoms with van der Waals surface area (Å²) in [6, 6.07) is 5.81. The van der Waals surface area contributed by atoms with E-state index in [9.17, 15) is 9.59 Å². The molecule has 0 bridgehead atoms. The van der Waals surface area contributed by atoms with Crippen LogP contribution in [0.15, 0.2) is 29.2 Å². The third-order valence-electron chi connectivity index (χ3n) is 3.81. The van der Waals surface area contributed by atoms with Gasteiger partial charge in [-0.3, -0.25) is 14.6 Å². The lowest BCUT2D eigenvalue weighted by Gasteiger charge is -2.27. The summed E-state index contributed by atoms with van der Waals surface area (Å²) in [6.07, 6.45) is 2.54. The van der Waals surface area contributed by atoms with Crippen LogP contribution in [0.2, 0.25) is 0 Å². The Morgan fingerprint density at radius 2 is 2.15 bits per heavy atom. The van der Waals surface area contributed by atoms with Crippen molar-refractivity contribution in [1.82, 2.24) is 9.55 Å². The second-order valence-electron chi connectivity index (χ2n) is 5.41. The predicted octanol–water partition coefficient (Wildman–Crippen LogP) is 2.54. The summed E-state index contributed by atoms with van der Waals surface area (Å²) in [5, 5.41) is 0. The number of nitrogens with zero attached hydrogens (tertiary/aromatic N) is 2. The van der Waals surface area contributed by atoms with Crippen molar-refractivity contribution in [2.45, 2.75) is 33.2 Å². The first-order chi connectivity index (χ1) is 9.47. The first-order valence-corrected chi connectivity index (χ1v) is 6.71. The molecule has 0 aliphatic carbocycles. The second-order valence-corrected chi connectivity index (χ2v) is 5.41. The van der Waals surface area contributed by atoms with Crippen molar-refractivity contribution in [2.24, 2.45) is 0 Å². The fraction of sp³-hybridized carbons (Fsp3) is 0.312. The molecule has 3 heterocycles. The van der Waals surface area contributed by atoms with Crippen molar-refractivity contribution in [2.75, 3.05) is 0 Å². The molecule has 0 amide bonds. The Labute approximate surface area is 117 Å². The number of fused-ring (bicyclic) bond motifs is 3. The fourth-order valence-corrected chi connectivity index (χ4v) is 2.76. The summed E-state index contributed by atoms with van der Waals surface area (Å²) >= 11 is 0. The highest BCUT2D eigenvalue weighted by Crippen LogP contribution is 2.32. The number of rotatable bonds is 1. The number of carbonyl (C=O) groups is 1. The fourth-order valence-electron chi connectivity index (χ4n) is 2.76. The summed E-state index contributed by atoms with van der Waals surface area (Å²) in [7, 11) is 0. The largest absolute Gasteiger partial charge is 0.342 e. The Balaban J connectivity index is 2.32. The van der Waals surface area contributed by atoms with E-state index in [1.54, 1.807) is 6.20 Å². The van der Waals surface area contributed by atoms with Crippen molar-refractivity contribution >= 4 is 5.78 Å². The summed E-state index contributed by atoms with van der Waals surface area (Å²) in [4.78, 5) is 28.2. The number of hydrogen-bond acceptors (Lipinski definition) is 3. The zero-order valence-corrected chi connectivity index (χ0v) is 11.8. The molecule has 0 radical (unpaired) electrons. The third kappa shape index (κ3) is 1.88. The molecule has 1 aliphatic rings. The van der Waals surface area contributed by atoms with Gasteiger partial charge in [0.15, 0.2) is 11.2 Å². The van der Waals surface area contributed by atoms with Crippen LogP contribution in [0.3, 0.4) is 0 Å². The van der Waals surface area contributed by atoms with Gasteiger partial charge in [-0.05, 0) is 38.8 Å². The molecule has 0 spiro atoms. The Kier molecular flexibility index (Phi) is 2.82. The van der Waals surface area contributed by atoms with Crippen LogP contribution >= 0.6 is 0 Å². The van der Waals surface area contributed by atoms with Gasteiger partial charge >= 0.3 is 0 Å². The van der Waals surface area contributed by atoms with Gasteiger partial charge in [-0.1, -0.05) is 6.07 Å². The predicted molar refractivity (Wildman–Crippen MR) is 77.1 cm³/mol. The van der Waals surface area contributed by atoms with Crippen LogP contribution in [0.4, 0.5) is 0 Å². The van der Waals surface area contributed by atoms with E-state index in [-0.39, 0.29) is 22.8 Å². The van der Waals surface area contributed by atoms with E-state index >= 15 is 0 Å². The van der Waals surface area contributed by atoms with Gasteiger partial charge in [-0.25, -0.2) is 0 Å². The van der Waals surface area contributed by atoms with Gasteiger partial charge in [0.25, 0.3) is 0 Å². The van der Waals surface area contributed by atoms with Crippen LogP contribution < -0.4 is 5.43 Å². The average molecular weight is 268 g/mol. The molecule has 102 valence electrons. The van der Waals surface area contributed by atoms with E-state index in [0.717, 1.165) is 29.1 Å². The minimum absolute atomic E-state index is 0.194. The van der Waals surface area contributed by atoms with Gasteiger partial charge in [0.1, 0.15) is 0 Å². The van der Waals surface area contributed by atoms with Gasteiger partial charge < -0.3 is 4.57 Å². The van der Waals surface area contributed by atoms with Crippen molar-refractivity contribution in [3.05, 3.63) is 51.4 Å². The van der Waals surface area contributed by atoms with E-state index in [1.165, 1.54) is 13.0 Å². The lowest BCUT2D eigenvalue weighted by Crippen LogP contribution is -2.24. The molecule has 0 saturated heterocycles. The molecule has 4 nitrogen and oxygen atoms in total. The molecular weight excluding hydrogens is 252 g/mol. The first-order valence-electron chi connectivity index (χ1n) is 6.71. The quantitative estimate of drug-likeness (QED) is 0.747. The number of carbonyl (C=O) groups excluding carboxylic acids is 1. The summed E-state index contributed by atoms with van der Waals surface area (Å²) in [5.41, 5.74) is 3.75. The molecule has 20 heavy (non-hydrogen) atoms. The van der Waals surface area contributed by atoms with Crippen molar-refractivity contribution < 1.29 is 4.79 Å². The second kappa shape index (κ2) is 4.40. The summed E-state index contributed by atoms with van der Waals surface area (Å²) < 4.78 is 1.99. The maximum Gasteiger partial charge on any atom is 0.193 e. The Morgan fingerprint density at radius 1 is 1.40 bits per heavy atom. The van der Waals surface area contributed by atoms with Gasteiger partial charge in [0.05, 0.1) is 17.0 Å². The zero-order chi connectivity index (χ0) is 14.4. The maximum absolute atomic E-state index is 12.1. The molecule has 1 atom stereocenters. The third-order valence-corrected chi connectivity index (χ3v) is 3.81. The monoisotopic (exact) mass is 268 g/mol. The van der Waals surface area contributed by atoms with Crippen molar-refractivity contribution in [3.8, 4) is 11.4 Å². The number of aromatic nitrogens is 2. The molecule has 3 rings (SSSR count). The molecule has 0 aromatic carbocycles. The van der Waals surface area contributed by atoms with Crippen LogP contribution in [-0.4, -0.2) is 15.3 Å². The molecule has 4 heteroatoms. The van der Waals surface area contributed by atoms with Gasteiger partial charge in [-0.15, -0.1) is 0 Å². The van der Waals surface area contributed by atoms with Gasteiger partial charge in [-0.2, -0.15) is 0 Å². The minimum Gasteiger partial charge on any atom is -0.342 e. The van der Waals surface area contributed by atoms with Crippen LogP contribution in [-0.2, 0) is 6.42 Å². The Morgan fingerprint density at radius 3 is 2.85 bits per heavy atom. The normalized spacial score (nSPS) is 16.4. The highest BCUT2D eigenvalue weighted by molar-refractivity contribution is 5.94. The lowest BCUT2D eigenvalue weighted by molar-refractivity contribution is 0.101. The van der Waals surface area contributed by atoms with Crippen LogP contribution in [0.5, 0.6) is 0 Å². The van der Waals surface area contributed by atoms with E-state index in [4.69, 9.17) is 0 Å². The minimum atomic E-state index is -0.230. The molecule has 0 N–H and O–H groups in total. The molecule has 0 saturated carbocycles. The molecular formula is C16H16N2O2. The van der Waals surface area contributed by atoms with Gasteiger partial charge in [0, 0.05) is 24.0 Å². The molecule has 2 aromatic rings. The van der Waals surface area contributed by atoms with Crippen LogP contribution in [0, 0.1) is 6.92 Å². The van der Waals surface area contributed by atoms with Crippen LogP contribution in [0.1, 0.15) is 41.5 Å². The maximum atomic E-state index is 12.1. The van der Waals surface area contributed by atoms with E-state index in [2.05, 4.69) is 18.0 Å². The van der Waals surface area contributed by atoms with E-state index in [1.807, 2.05) is 17.6 Å². The number of hydrogen-bond donors (Lipinski definition) is 0. The highest BCUT2D eigenvalue weighted by Gasteiger charge is 2.23. The van der Waals surface area contributed by atoms with E-state index < -0.39 is 0 Å². The Hall–Kier alpha value is -2.23.